The molecule has 0 aliphatic carbocycles. The molecule has 2 aromatic rings. The van der Waals surface area contributed by atoms with Gasteiger partial charge < -0.3 is 14.4 Å². The Morgan fingerprint density at radius 1 is 1.14 bits per heavy atom. The van der Waals surface area contributed by atoms with Crippen LogP contribution in [0.4, 0.5) is 5.82 Å². The quantitative estimate of drug-likeness (QED) is 0.807. The molecule has 1 aromatic heterocycles. The van der Waals surface area contributed by atoms with E-state index in [4.69, 9.17) is 21.1 Å². The van der Waals surface area contributed by atoms with Crippen LogP contribution >= 0.6 is 11.6 Å². The van der Waals surface area contributed by atoms with Gasteiger partial charge in [-0.25, -0.2) is 4.98 Å². The molecule has 0 saturated carbocycles. The fraction of sp³-hybridized carbons (Fsp3) is 0.500. The summed E-state index contributed by atoms with van der Waals surface area (Å²) in [6, 6.07) is 4.22. The van der Waals surface area contributed by atoms with Crippen LogP contribution in [0.15, 0.2) is 12.1 Å². The lowest BCUT2D eigenvalue weighted by molar-refractivity contribution is 0.355. The molecular weight excluding hydrogens is 302 g/mol. The summed E-state index contributed by atoms with van der Waals surface area (Å²) >= 11 is 6.14. The second-order valence-corrected chi connectivity index (χ2v) is 5.92. The van der Waals surface area contributed by atoms with Gasteiger partial charge >= 0.3 is 0 Å². The molecule has 6 heteroatoms. The summed E-state index contributed by atoms with van der Waals surface area (Å²) in [7, 11) is 3.24. The van der Waals surface area contributed by atoms with Crippen molar-refractivity contribution in [2.24, 2.45) is 0 Å². The topological polar surface area (TPSA) is 47.5 Å². The number of anilines is 1. The third kappa shape index (κ3) is 2.65. The number of hydrogen-bond acceptors (Lipinski definition) is 5. The van der Waals surface area contributed by atoms with Crippen LogP contribution in [0.3, 0.4) is 0 Å². The van der Waals surface area contributed by atoms with Gasteiger partial charge in [-0.1, -0.05) is 0 Å². The van der Waals surface area contributed by atoms with Crippen molar-refractivity contribution in [3.63, 3.8) is 0 Å². The van der Waals surface area contributed by atoms with Crippen molar-refractivity contribution in [3.8, 4) is 11.5 Å². The SMILES string of the molecule is COc1cc2nc(Cl)nc(N3CCCCC3C)c2cc1OC. The van der Waals surface area contributed by atoms with Crippen molar-refractivity contribution < 1.29 is 9.47 Å². The molecule has 0 spiro atoms. The van der Waals surface area contributed by atoms with Crippen LogP contribution < -0.4 is 14.4 Å². The molecular formula is C16H20ClN3O2. The number of benzene rings is 1. The molecule has 1 unspecified atom stereocenters. The highest BCUT2D eigenvalue weighted by Crippen LogP contribution is 2.37. The maximum absolute atomic E-state index is 6.14. The monoisotopic (exact) mass is 321 g/mol. The van der Waals surface area contributed by atoms with Crippen molar-refractivity contribution in [1.82, 2.24) is 9.97 Å². The summed E-state index contributed by atoms with van der Waals surface area (Å²) < 4.78 is 10.8. The Labute approximate surface area is 135 Å². The van der Waals surface area contributed by atoms with Gasteiger partial charge in [0, 0.05) is 24.0 Å². The first-order valence-corrected chi connectivity index (χ1v) is 7.87. The fourth-order valence-electron chi connectivity index (χ4n) is 3.04. The van der Waals surface area contributed by atoms with E-state index < -0.39 is 0 Å². The van der Waals surface area contributed by atoms with Gasteiger partial charge in [0.1, 0.15) is 5.82 Å². The molecule has 0 N–H and O–H groups in total. The minimum absolute atomic E-state index is 0.257. The summed E-state index contributed by atoms with van der Waals surface area (Å²) in [5.74, 6) is 2.19. The second-order valence-electron chi connectivity index (χ2n) is 5.58. The first kappa shape index (κ1) is 15.2. The van der Waals surface area contributed by atoms with Crippen molar-refractivity contribution in [3.05, 3.63) is 17.4 Å². The summed E-state index contributed by atoms with van der Waals surface area (Å²) in [5.41, 5.74) is 0.769. The minimum Gasteiger partial charge on any atom is -0.493 e. The van der Waals surface area contributed by atoms with Crippen LogP contribution in [0, 0.1) is 0 Å². The Bertz CT molecular complexity index is 693. The lowest BCUT2D eigenvalue weighted by Gasteiger charge is -2.35. The van der Waals surface area contributed by atoms with Gasteiger partial charge in [0.05, 0.1) is 19.7 Å². The Morgan fingerprint density at radius 3 is 2.55 bits per heavy atom. The molecule has 0 amide bonds. The number of methoxy groups -OCH3 is 2. The number of hydrogen-bond donors (Lipinski definition) is 0. The molecule has 0 bridgehead atoms. The second kappa shape index (κ2) is 6.16. The fourth-order valence-corrected chi connectivity index (χ4v) is 3.21. The van der Waals surface area contributed by atoms with Crippen molar-refractivity contribution in [2.45, 2.75) is 32.2 Å². The van der Waals surface area contributed by atoms with Crippen LogP contribution in [0.5, 0.6) is 11.5 Å². The van der Waals surface area contributed by atoms with Gasteiger partial charge in [0.15, 0.2) is 11.5 Å². The Balaban J connectivity index is 2.20. The number of piperidine rings is 1. The van der Waals surface area contributed by atoms with Crippen molar-refractivity contribution in [1.29, 1.82) is 0 Å². The summed E-state index contributed by atoms with van der Waals surface area (Å²) in [6.45, 7) is 3.21. The summed E-state index contributed by atoms with van der Waals surface area (Å²) in [4.78, 5) is 11.1. The molecule has 22 heavy (non-hydrogen) atoms. The number of aromatic nitrogens is 2. The average Bonchev–Trinajstić information content (AvgIpc) is 2.53. The lowest BCUT2D eigenvalue weighted by Crippen LogP contribution is -2.38. The van der Waals surface area contributed by atoms with Crippen LogP contribution in [0.1, 0.15) is 26.2 Å². The van der Waals surface area contributed by atoms with Gasteiger partial charge in [0.25, 0.3) is 0 Å². The standard InChI is InChI=1S/C16H20ClN3O2/c1-10-6-4-5-7-20(10)15-11-8-13(21-2)14(22-3)9-12(11)18-16(17)19-15/h8-10H,4-7H2,1-3H3. The predicted molar refractivity (Wildman–Crippen MR) is 88.3 cm³/mol. The number of rotatable bonds is 3. The molecule has 1 saturated heterocycles. The van der Waals surface area contributed by atoms with E-state index in [1.54, 1.807) is 14.2 Å². The normalized spacial score (nSPS) is 18.5. The number of fused-ring (bicyclic) bond motifs is 1. The maximum Gasteiger partial charge on any atom is 0.224 e. The smallest absolute Gasteiger partial charge is 0.224 e. The van der Waals surface area contributed by atoms with Gasteiger partial charge in [0.2, 0.25) is 5.28 Å². The Morgan fingerprint density at radius 2 is 1.86 bits per heavy atom. The molecule has 1 aliphatic rings. The molecule has 3 rings (SSSR count). The van der Waals surface area contributed by atoms with E-state index in [-0.39, 0.29) is 5.28 Å². The Kier molecular flexibility index (Phi) is 4.25. The van der Waals surface area contributed by atoms with Gasteiger partial charge in [-0.3, -0.25) is 0 Å². The van der Waals surface area contributed by atoms with E-state index in [2.05, 4.69) is 21.8 Å². The molecule has 1 fully saturated rings. The Hall–Kier alpha value is -1.75. The van der Waals surface area contributed by atoms with Gasteiger partial charge in [-0.15, -0.1) is 0 Å². The maximum atomic E-state index is 6.14. The highest BCUT2D eigenvalue weighted by atomic mass is 35.5. The highest BCUT2D eigenvalue weighted by Gasteiger charge is 2.23. The van der Waals surface area contributed by atoms with Gasteiger partial charge in [-0.2, -0.15) is 4.98 Å². The summed E-state index contributed by atoms with van der Waals surface area (Å²) in [5, 5.41) is 1.20. The first-order chi connectivity index (χ1) is 10.6. The summed E-state index contributed by atoms with van der Waals surface area (Å²) in [6.07, 6.45) is 3.59. The largest absolute Gasteiger partial charge is 0.493 e. The third-order valence-corrected chi connectivity index (χ3v) is 4.40. The van der Waals surface area contributed by atoms with Crippen molar-refractivity contribution >= 4 is 28.3 Å². The molecule has 2 heterocycles. The first-order valence-electron chi connectivity index (χ1n) is 7.50. The number of halogens is 1. The zero-order chi connectivity index (χ0) is 15.7. The van der Waals surface area contributed by atoms with E-state index in [0.717, 1.165) is 29.7 Å². The highest BCUT2D eigenvalue weighted by molar-refractivity contribution is 6.28. The van der Waals surface area contributed by atoms with Crippen LogP contribution in [-0.2, 0) is 0 Å². The van der Waals surface area contributed by atoms with Gasteiger partial charge in [-0.05, 0) is 43.9 Å². The van der Waals surface area contributed by atoms with E-state index in [1.165, 1.54) is 12.8 Å². The van der Waals surface area contributed by atoms with E-state index >= 15 is 0 Å². The molecule has 1 atom stereocenters. The van der Waals surface area contributed by atoms with E-state index in [0.29, 0.717) is 17.5 Å². The van der Waals surface area contributed by atoms with Crippen LogP contribution in [0.25, 0.3) is 10.9 Å². The molecule has 0 radical (unpaired) electrons. The molecule has 118 valence electrons. The zero-order valence-corrected chi connectivity index (χ0v) is 13.9. The average molecular weight is 322 g/mol. The number of ether oxygens (including phenoxy) is 2. The molecule has 1 aliphatic heterocycles. The predicted octanol–water partition coefficient (Wildman–Crippen LogP) is 3.68. The lowest BCUT2D eigenvalue weighted by atomic mass is 10.0. The molecule has 5 nitrogen and oxygen atoms in total. The molecule has 1 aromatic carbocycles. The minimum atomic E-state index is 0.257. The third-order valence-electron chi connectivity index (χ3n) is 4.23. The van der Waals surface area contributed by atoms with Crippen LogP contribution in [0.2, 0.25) is 5.28 Å². The van der Waals surface area contributed by atoms with E-state index in [1.807, 2.05) is 12.1 Å². The van der Waals surface area contributed by atoms with Crippen molar-refractivity contribution in [2.75, 3.05) is 25.7 Å². The van der Waals surface area contributed by atoms with E-state index in [9.17, 15) is 0 Å². The number of nitrogens with zero attached hydrogens (tertiary/aromatic N) is 3. The zero-order valence-electron chi connectivity index (χ0n) is 13.1. The van der Waals surface area contributed by atoms with Crippen LogP contribution in [-0.4, -0.2) is 36.8 Å².